The number of nitrogens with zero attached hydrogens (tertiary/aromatic N) is 1. The molecule has 0 saturated heterocycles. The second-order valence-corrected chi connectivity index (χ2v) is 6.32. The minimum Gasteiger partial charge on any atom is -0.377 e. The number of likely N-dealkylation sites (N-methyl/N-ethyl adjacent to an activating group) is 1. The molecule has 2 unspecified atom stereocenters. The molecule has 0 fully saturated rings. The van der Waals surface area contributed by atoms with Crippen molar-refractivity contribution in [3.63, 3.8) is 0 Å². The van der Waals surface area contributed by atoms with Crippen molar-refractivity contribution in [1.29, 1.82) is 0 Å². The van der Waals surface area contributed by atoms with Crippen LogP contribution in [0.5, 0.6) is 0 Å². The third kappa shape index (κ3) is 2.31. The fraction of sp³-hybridized carbons (Fsp3) is 0.278. The topological polar surface area (TPSA) is 49.8 Å². The normalized spacial score (nSPS) is 23.7. The molecular weight excluding hydrogens is 358 g/mol. The van der Waals surface area contributed by atoms with Gasteiger partial charge in [-0.1, -0.05) is 52.3 Å². The van der Waals surface area contributed by atoms with Crippen molar-refractivity contribution in [2.75, 3.05) is 18.6 Å². The average molecular weight is 376 g/mol. The Morgan fingerprint density at radius 2 is 1.91 bits per heavy atom. The summed E-state index contributed by atoms with van der Waals surface area (Å²) in [5.74, 6) is -0.244. The lowest BCUT2D eigenvalue weighted by atomic mass is 9.77. The van der Waals surface area contributed by atoms with E-state index in [1.807, 2.05) is 55.5 Å². The number of amides is 1. The maximum atomic E-state index is 12.9. The first kappa shape index (κ1) is 16.2. The van der Waals surface area contributed by atoms with Crippen LogP contribution in [0.4, 0.5) is 5.69 Å². The van der Waals surface area contributed by atoms with Crippen LogP contribution in [-0.4, -0.2) is 30.8 Å². The molecule has 2 aromatic carbocycles. The molecule has 1 aliphatic heterocycles. The molecular formula is C18H18BrNO3. The summed E-state index contributed by atoms with van der Waals surface area (Å²) in [7, 11) is 1.45. The van der Waals surface area contributed by atoms with E-state index in [2.05, 4.69) is 15.9 Å². The van der Waals surface area contributed by atoms with Gasteiger partial charge >= 0.3 is 0 Å². The first-order valence-electron chi connectivity index (χ1n) is 7.46. The van der Waals surface area contributed by atoms with Crippen molar-refractivity contribution in [2.45, 2.75) is 18.6 Å². The number of anilines is 1. The molecule has 2 aromatic rings. The standard InChI is InChI=1S/C18H18BrNO3/c1-3-20-14-11-7-10-13(19)15(14)18(22,16(23-2)17(20)21)12-8-5-4-6-9-12/h4-11,16,22H,3H2,1-2H3. The third-order valence-corrected chi connectivity index (χ3v) is 4.96. The largest absolute Gasteiger partial charge is 0.377 e. The number of hydrogen-bond donors (Lipinski definition) is 1. The number of methoxy groups -OCH3 is 1. The number of ether oxygens (including phenoxy) is 1. The molecule has 0 aliphatic carbocycles. The number of carbonyl (C=O) groups is 1. The van der Waals surface area contributed by atoms with Crippen molar-refractivity contribution in [1.82, 2.24) is 0 Å². The number of benzene rings is 2. The molecule has 1 N–H and O–H groups in total. The summed E-state index contributed by atoms with van der Waals surface area (Å²) in [5, 5.41) is 11.6. The fourth-order valence-corrected chi connectivity index (χ4v) is 3.93. The van der Waals surface area contributed by atoms with E-state index in [0.29, 0.717) is 23.4 Å². The molecule has 0 spiro atoms. The van der Waals surface area contributed by atoms with Crippen LogP contribution in [-0.2, 0) is 15.1 Å². The van der Waals surface area contributed by atoms with Crippen molar-refractivity contribution >= 4 is 27.5 Å². The van der Waals surface area contributed by atoms with E-state index in [9.17, 15) is 9.90 Å². The van der Waals surface area contributed by atoms with E-state index in [0.717, 1.165) is 4.47 Å². The maximum absolute atomic E-state index is 12.9. The van der Waals surface area contributed by atoms with Crippen LogP contribution in [0.3, 0.4) is 0 Å². The van der Waals surface area contributed by atoms with Crippen LogP contribution < -0.4 is 4.90 Å². The first-order chi connectivity index (χ1) is 11.1. The molecule has 0 aromatic heterocycles. The fourth-order valence-electron chi connectivity index (χ4n) is 3.27. The van der Waals surface area contributed by atoms with Crippen LogP contribution >= 0.6 is 15.9 Å². The van der Waals surface area contributed by atoms with E-state index in [1.165, 1.54) is 7.11 Å². The molecule has 1 aliphatic rings. The van der Waals surface area contributed by atoms with E-state index >= 15 is 0 Å². The minimum atomic E-state index is -1.55. The molecule has 120 valence electrons. The van der Waals surface area contributed by atoms with Gasteiger partial charge in [-0.3, -0.25) is 4.79 Å². The number of aliphatic hydroxyl groups is 1. The van der Waals surface area contributed by atoms with Gasteiger partial charge in [-0.2, -0.15) is 0 Å². The second-order valence-electron chi connectivity index (χ2n) is 5.46. The Bertz CT molecular complexity index is 734. The lowest BCUT2D eigenvalue weighted by Gasteiger charge is -2.44. The molecule has 2 atom stereocenters. The zero-order chi connectivity index (χ0) is 16.6. The predicted molar refractivity (Wildman–Crippen MR) is 92.4 cm³/mol. The Balaban J connectivity index is 2.35. The number of rotatable bonds is 3. The molecule has 1 amide bonds. The lowest BCUT2D eigenvalue weighted by Crippen LogP contribution is -2.57. The smallest absolute Gasteiger partial charge is 0.259 e. The summed E-state index contributed by atoms with van der Waals surface area (Å²) in [5.41, 5.74) is 0.434. The van der Waals surface area contributed by atoms with Crippen LogP contribution in [0.15, 0.2) is 53.0 Å². The summed E-state index contributed by atoms with van der Waals surface area (Å²) < 4.78 is 6.20. The molecule has 1 heterocycles. The first-order valence-corrected chi connectivity index (χ1v) is 8.26. The van der Waals surface area contributed by atoms with Gasteiger partial charge in [0.2, 0.25) is 0 Å². The molecule has 0 saturated carbocycles. The highest BCUT2D eigenvalue weighted by Gasteiger charge is 2.52. The van der Waals surface area contributed by atoms with Crippen LogP contribution in [0.1, 0.15) is 18.1 Å². The summed E-state index contributed by atoms with van der Waals surface area (Å²) in [6.07, 6.45) is -1.00. The van der Waals surface area contributed by atoms with Gasteiger partial charge in [-0.25, -0.2) is 0 Å². The molecule has 5 heteroatoms. The number of halogens is 1. The van der Waals surface area contributed by atoms with Crippen molar-refractivity contribution in [2.24, 2.45) is 0 Å². The SMILES string of the molecule is CCN1C(=O)C(OC)C(O)(c2ccccc2)c2c(Br)cccc21. The maximum Gasteiger partial charge on any atom is 0.259 e. The Labute approximate surface area is 143 Å². The van der Waals surface area contributed by atoms with Crippen molar-refractivity contribution in [3.05, 3.63) is 64.1 Å². The zero-order valence-electron chi connectivity index (χ0n) is 13.0. The van der Waals surface area contributed by atoms with Gasteiger partial charge in [0.1, 0.15) is 0 Å². The van der Waals surface area contributed by atoms with Gasteiger partial charge in [0.25, 0.3) is 5.91 Å². The highest BCUT2D eigenvalue weighted by atomic mass is 79.9. The van der Waals surface area contributed by atoms with Crippen molar-refractivity contribution in [3.8, 4) is 0 Å². The molecule has 0 bridgehead atoms. The second kappa shape index (κ2) is 6.07. The summed E-state index contributed by atoms with van der Waals surface area (Å²) in [6.45, 7) is 2.41. The number of carbonyl (C=O) groups excluding carboxylic acids is 1. The van der Waals surface area contributed by atoms with Gasteiger partial charge in [0.15, 0.2) is 11.7 Å². The summed E-state index contributed by atoms with van der Waals surface area (Å²) >= 11 is 3.53. The van der Waals surface area contributed by atoms with Crippen LogP contribution in [0.25, 0.3) is 0 Å². The van der Waals surface area contributed by atoms with E-state index in [1.54, 1.807) is 4.90 Å². The lowest BCUT2D eigenvalue weighted by molar-refractivity contribution is -0.145. The molecule has 3 rings (SSSR count). The van der Waals surface area contributed by atoms with Crippen molar-refractivity contribution < 1.29 is 14.6 Å². The van der Waals surface area contributed by atoms with Gasteiger partial charge in [0.05, 0.1) is 5.69 Å². The zero-order valence-corrected chi connectivity index (χ0v) is 14.6. The van der Waals surface area contributed by atoms with E-state index < -0.39 is 11.7 Å². The molecule has 4 nitrogen and oxygen atoms in total. The van der Waals surface area contributed by atoms with Gasteiger partial charge in [-0.05, 0) is 24.6 Å². The van der Waals surface area contributed by atoms with E-state index in [4.69, 9.17) is 4.74 Å². The molecule has 23 heavy (non-hydrogen) atoms. The Kier molecular flexibility index (Phi) is 4.27. The van der Waals surface area contributed by atoms with Gasteiger partial charge < -0.3 is 14.7 Å². The summed E-state index contributed by atoms with van der Waals surface area (Å²) in [6, 6.07) is 14.7. The number of fused-ring (bicyclic) bond motifs is 1. The minimum absolute atomic E-state index is 0.244. The Hall–Kier alpha value is -1.69. The van der Waals surface area contributed by atoms with Crippen LogP contribution in [0.2, 0.25) is 0 Å². The van der Waals surface area contributed by atoms with Gasteiger partial charge in [-0.15, -0.1) is 0 Å². The predicted octanol–water partition coefficient (Wildman–Crippen LogP) is 3.07. The summed E-state index contributed by atoms with van der Waals surface area (Å²) in [4.78, 5) is 14.5. The highest BCUT2D eigenvalue weighted by molar-refractivity contribution is 9.10. The monoisotopic (exact) mass is 375 g/mol. The third-order valence-electron chi connectivity index (χ3n) is 4.30. The molecule has 0 radical (unpaired) electrons. The Morgan fingerprint density at radius 3 is 2.52 bits per heavy atom. The quantitative estimate of drug-likeness (QED) is 0.896. The van der Waals surface area contributed by atoms with Gasteiger partial charge in [0, 0.05) is 23.7 Å². The highest BCUT2D eigenvalue weighted by Crippen LogP contribution is 2.47. The Morgan fingerprint density at radius 1 is 1.22 bits per heavy atom. The average Bonchev–Trinajstić information content (AvgIpc) is 2.56. The van der Waals surface area contributed by atoms with Crippen LogP contribution in [0, 0.1) is 0 Å². The number of hydrogen-bond acceptors (Lipinski definition) is 3. The van der Waals surface area contributed by atoms with E-state index in [-0.39, 0.29) is 5.91 Å².